The Kier molecular flexibility index (Phi) is 8.89. The molecule has 242 valence electrons. The van der Waals surface area contributed by atoms with Crippen LogP contribution in [0.1, 0.15) is 39.2 Å². The minimum Gasteiger partial charge on any atom is -0.462 e. The second-order valence-corrected chi connectivity index (χ2v) is 13.6. The number of halogens is 4. The molecule has 0 spiro atoms. The molecule has 3 amide bonds. The summed E-state index contributed by atoms with van der Waals surface area (Å²) < 4.78 is 48.8. The number of aromatic nitrogens is 1. The Bertz CT molecular complexity index is 1960. The number of ether oxygens (including phenoxy) is 1. The van der Waals surface area contributed by atoms with Crippen LogP contribution in [0.2, 0.25) is 0 Å². The third-order valence-electron chi connectivity index (χ3n) is 7.71. The number of benzene rings is 3. The van der Waals surface area contributed by atoms with Crippen LogP contribution in [-0.2, 0) is 31.8 Å². The van der Waals surface area contributed by atoms with Gasteiger partial charge in [0.05, 0.1) is 34.4 Å². The molecule has 0 aliphatic carbocycles. The van der Waals surface area contributed by atoms with Crippen LogP contribution in [0.3, 0.4) is 0 Å². The first-order valence-electron chi connectivity index (χ1n) is 14.2. The van der Waals surface area contributed by atoms with Crippen molar-refractivity contribution in [2.75, 3.05) is 16.8 Å². The molecule has 3 heterocycles. The number of hydrogen-bond donors (Lipinski definition) is 1. The number of rotatable bonds is 7. The molecule has 1 aromatic heterocycles. The molecular weight excluding hydrogens is 723 g/mol. The van der Waals surface area contributed by atoms with Gasteiger partial charge >= 0.3 is 17.0 Å². The monoisotopic (exact) mass is 745 g/mol. The van der Waals surface area contributed by atoms with E-state index in [0.29, 0.717) is 26.6 Å². The Hall–Kier alpha value is -4.21. The van der Waals surface area contributed by atoms with Crippen molar-refractivity contribution >= 4 is 74.1 Å². The van der Waals surface area contributed by atoms with Crippen molar-refractivity contribution in [1.29, 1.82) is 0 Å². The Morgan fingerprint density at radius 1 is 0.957 bits per heavy atom. The zero-order chi connectivity index (χ0) is 33.6. The molecule has 6 rings (SSSR count). The summed E-state index contributed by atoms with van der Waals surface area (Å²) in [4.78, 5) is 66.8. The number of hydrogen-bond acceptors (Lipinski definition) is 8. The first kappa shape index (κ1) is 32.7. The molecule has 3 aromatic carbocycles. The fourth-order valence-electron chi connectivity index (χ4n) is 5.68. The van der Waals surface area contributed by atoms with E-state index in [-0.39, 0.29) is 11.6 Å². The molecule has 1 saturated heterocycles. The lowest BCUT2D eigenvalue weighted by atomic mass is 9.83. The normalized spacial score (nSPS) is 18.9. The van der Waals surface area contributed by atoms with Gasteiger partial charge in [-0.2, -0.15) is 13.2 Å². The number of carbonyl (C=O) groups excluding carboxylic acids is 4. The summed E-state index contributed by atoms with van der Waals surface area (Å²) in [5.41, 5.74) is -0.453. The van der Waals surface area contributed by atoms with E-state index in [1.54, 1.807) is 31.2 Å². The molecule has 9 nitrogen and oxygen atoms in total. The first-order chi connectivity index (χ1) is 22.4. The molecule has 4 aromatic rings. The quantitative estimate of drug-likeness (QED) is 0.174. The van der Waals surface area contributed by atoms with Crippen molar-refractivity contribution < 1.29 is 37.1 Å². The van der Waals surface area contributed by atoms with Crippen LogP contribution in [0, 0.1) is 5.92 Å². The maximum atomic E-state index is 14.0. The van der Waals surface area contributed by atoms with Crippen LogP contribution in [0.5, 0.6) is 0 Å². The van der Waals surface area contributed by atoms with Crippen LogP contribution >= 0.6 is 39.0 Å². The van der Waals surface area contributed by atoms with Gasteiger partial charge in [0.15, 0.2) is 0 Å². The predicted octanol–water partition coefficient (Wildman–Crippen LogP) is 6.30. The molecule has 2 aliphatic heterocycles. The lowest BCUT2D eigenvalue weighted by Gasteiger charge is -2.30. The fourth-order valence-corrected chi connectivity index (χ4v) is 8.72. The SMILES string of the molecule is CCOC(=O)c1ccc(NC(=O)Cn2c3c(sc2=O)[C@H](c2ccc(Br)cc2)C2C(=O)N(c4ccccc4C(F)(F)F)C(=O)C2S3)cc1. The number of nitrogens with one attached hydrogen (secondary N) is 1. The molecule has 0 radical (unpaired) electrons. The van der Waals surface area contributed by atoms with E-state index < -0.39 is 69.6 Å². The zero-order valence-corrected chi connectivity index (χ0v) is 27.5. The van der Waals surface area contributed by atoms with Crippen LogP contribution < -0.4 is 15.1 Å². The number of esters is 1. The van der Waals surface area contributed by atoms with Gasteiger partial charge in [0, 0.05) is 21.0 Å². The van der Waals surface area contributed by atoms with E-state index in [0.717, 1.165) is 39.7 Å². The Morgan fingerprint density at radius 2 is 1.64 bits per heavy atom. The number of amides is 3. The molecule has 15 heteroatoms. The number of para-hydroxylation sites is 1. The molecule has 2 aliphatic rings. The number of fused-ring (bicyclic) bond motifs is 2. The van der Waals surface area contributed by atoms with Crippen LogP contribution in [0.25, 0.3) is 0 Å². The number of thiazole rings is 1. The molecule has 47 heavy (non-hydrogen) atoms. The first-order valence-corrected chi connectivity index (χ1v) is 16.6. The highest BCUT2D eigenvalue weighted by atomic mass is 79.9. The number of imide groups is 1. The summed E-state index contributed by atoms with van der Waals surface area (Å²) in [5, 5.41) is 1.80. The summed E-state index contributed by atoms with van der Waals surface area (Å²) in [6.45, 7) is 1.45. The van der Waals surface area contributed by atoms with Gasteiger partial charge in [-0.15, -0.1) is 0 Å². The molecule has 3 atom stereocenters. The van der Waals surface area contributed by atoms with Crippen molar-refractivity contribution in [1.82, 2.24) is 4.57 Å². The van der Waals surface area contributed by atoms with Gasteiger partial charge in [0.1, 0.15) is 11.8 Å². The largest absolute Gasteiger partial charge is 0.462 e. The van der Waals surface area contributed by atoms with Gasteiger partial charge in [-0.05, 0) is 61.0 Å². The van der Waals surface area contributed by atoms with Gasteiger partial charge in [-0.1, -0.05) is 63.3 Å². The number of alkyl halides is 3. The highest BCUT2D eigenvalue weighted by Gasteiger charge is 2.57. The van der Waals surface area contributed by atoms with Gasteiger partial charge in [0.2, 0.25) is 17.7 Å². The van der Waals surface area contributed by atoms with Crippen LogP contribution in [-0.4, -0.2) is 40.1 Å². The van der Waals surface area contributed by atoms with Gasteiger partial charge in [0.25, 0.3) is 0 Å². The van der Waals surface area contributed by atoms with Crippen molar-refractivity contribution in [3.63, 3.8) is 0 Å². The van der Waals surface area contributed by atoms with Gasteiger partial charge < -0.3 is 10.1 Å². The van der Waals surface area contributed by atoms with Gasteiger partial charge in [-0.3, -0.25) is 23.7 Å². The minimum atomic E-state index is -4.82. The Labute approximate surface area is 281 Å². The number of carbonyl (C=O) groups is 4. The number of anilines is 2. The second kappa shape index (κ2) is 12.8. The molecule has 1 fully saturated rings. The summed E-state index contributed by atoms with van der Waals surface area (Å²) in [5.74, 6) is -4.70. The minimum absolute atomic E-state index is 0.206. The lowest BCUT2D eigenvalue weighted by Crippen LogP contribution is -2.33. The van der Waals surface area contributed by atoms with Crippen LogP contribution in [0.4, 0.5) is 24.5 Å². The standard InChI is InChI=1S/C32H23BrF3N3O6S2/c1-2-45-30(43)17-9-13-19(14-10-17)37-22(40)15-38-29-26(47-31(38)44)23(16-7-11-18(33)12-8-16)24-25(46-29)28(42)39(27(24)41)21-6-4-3-5-20(21)32(34,35)36/h3-14,23-25H,2,15H2,1H3,(H,37,40)/t23-,24?,25?/m1/s1. The molecule has 2 unspecified atom stereocenters. The summed E-state index contributed by atoms with van der Waals surface area (Å²) in [6.07, 6.45) is -4.82. The smallest absolute Gasteiger partial charge is 0.418 e. The highest BCUT2D eigenvalue weighted by molar-refractivity contribution is 9.10. The second-order valence-electron chi connectivity index (χ2n) is 10.6. The van der Waals surface area contributed by atoms with E-state index in [2.05, 4.69) is 21.2 Å². The number of nitrogens with zero attached hydrogens (tertiary/aromatic N) is 2. The highest BCUT2D eigenvalue weighted by Crippen LogP contribution is 2.54. The fraction of sp³-hybridized carbons (Fsp3) is 0.219. The topological polar surface area (TPSA) is 115 Å². The third kappa shape index (κ3) is 6.14. The van der Waals surface area contributed by atoms with E-state index >= 15 is 0 Å². The van der Waals surface area contributed by atoms with Crippen molar-refractivity contribution in [2.24, 2.45) is 5.92 Å². The molecule has 0 bridgehead atoms. The Balaban J connectivity index is 1.36. The van der Waals surface area contributed by atoms with Crippen molar-refractivity contribution in [3.8, 4) is 0 Å². The van der Waals surface area contributed by atoms with E-state index in [9.17, 15) is 37.1 Å². The molecule has 0 saturated carbocycles. The van der Waals surface area contributed by atoms with Crippen molar-refractivity contribution in [2.45, 2.75) is 35.8 Å². The van der Waals surface area contributed by atoms with Gasteiger partial charge in [-0.25, -0.2) is 9.69 Å². The van der Waals surface area contributed by atoms with E-state index in [4.69, 9.17) is 4.74 Å². The molecular formula is C32H23BrF3N3O6S2. The Morgan fingerprint density at radius 3 is 2.30 bits per heavy atom. The maximum absolute atomic E-state index is 14.0. The number of thioether (sulfide) groups is 1. The summed E-state index contributed by atoms with van der Waals surface area (Å²) in [6, 6.07) is 17.3. The zero-order valence-electron chi connectivity index (χ0n) is 24.2. The summed E-state index contributed by atoms with van der Waals surface area (Å²) in [7, 11) is 0. The van der Waals surface area contributed by atoms with E-state index in [1.165, 1.54) is 41.0 Å². The van der Waals surface area contributed by atoms with E-state index in [1.807, 2.05) is 0 Å². The average molecular weight is 747 g/mol. The lowest BCUT2D eigenvalue weighted by molar-refractivity contribution is -0.137. The average Bonchev–Trinajstić information content (AvgIpc) is 3.47. The summed E-state index contributed by atoms with van der Waals surface area (Å²) >= 11 is 5.09. The maximum Gasteiger partial charge on any atom is 0.418 e. The predicted molar refractivity (Wildman–Crippen MR) is 173 cm³/mol. The van der Waals surface area contributed by atoms with Crippen LogP contribution in [0.15, 0.2) is 87.1 Å². The third-order valence-corrected chi connectivity index (χ3v) is 10.8. The molecule has 1 N–H and O–H groups in total. The van der Waals surface area contributed by atoms with Crippen molar-refractivity contribution in [3.05, 3.63) is 109 Å².